The quantitative estimate of drug-likeness (QED) is 0.497. The number of imidazole rings is 1. The van der Waals surface area contributed by atoms with Crippen molar-refractivity contribution in [1.29, 1.82) is 0 Å². The van der Waals surface area contributed by atoms with E-state index in [0.717, 1.165) is 6.54 Å². The van der Waals surface area contributed by atoms with Gasteiger partial charge >= 0.3 is 0 Å². The first kappa shape index (κ1) is 14.0. The number of nitrogens with one attached hydrogen (secondary N) is 2. The first-order valence-corrected chi connectivity index (χ1v) is 6.20. The normalized spacial score (nSPS) is 12.0. The van der Waals surface area contributed by atoms with Gasteiger partial charge in [0.1, 0.15) is 0 Å². The van der Waals surface area contributed by atoms with Gasteiger partial charge in [-0.3, -0.25) is 5.43 Å². The number of nitrogen functional groups attached to an aromatic ring is 1. The van der Waals surface area contributed by atoms with Gasteiger partial charge in [-0.2, -0.15) is 15.0 Å². The molecule has 0 aromatic carbocycles. The van der Waals surface area contributed by atoms with Crippen LogP contribution in [0.2, 0.25) is 0 Å². The van der Waals surface area contributed by atoms with Crippen LogP contribution in [0, 0.1) is 0 Å². The molecule has 0 fully saturated rings. The highest BCUT2D eigenvalue weighted by Gasteiger charge is 2.10. The highest BCUT2D eigenvalue weighted by atomic mass is 15.4. The van der Waals surface area contributed by atoms with Gasteiger partial charge in [0.2, 0.25) is 17.8 Å². The lowest BCUT2D eigenvalue weighted by Gasteiger charge is -2.17. The maximum Gasteiger partial charge on any atom is 0.243 e. The third kappa shape index (κ3) is 3.54. The molecule has 0 aliphatic carbocycles. The summed E-state index contributed by atoms with van der Waals surface area (Å²) in [6.07, 6.45) is 5.42. The van der Waals surface area contributed by atoms with E-state index in [1.54, 1.807) is 17.4 Å². The number of nitrogens with two attached hydrogens (primary N) is 1. The number of anilines is 3. The molecule has 2 aromatic heterocycles. The Labute approximate surface area is 117 Å². The number of hydrazine groups is 1. The second-order valence-corrected chi connectivity index (χ2v) is 4.63. The zero-order chi connectivity index (χ0) is 14.5. The Bertz CT molecular complexity index is 537. The molecule has 1 atom stereocenters. The molecule has 20 heavy (non-hydrogen) atoms. The Morgan fingerprint density at radius 2 is 2.05 bits per heavy atom. The number of hydrogen-bond acceptors (Lipinski definition) is 8. The van der Waals surface area contributed by atoms with E-state index < -0.39 is 0 Å². The zero-order valence-electron chi connectivity index (χ0n) is 11.8. The van der Waals surface area contributed by atoms with Crippen LogP contribution in [0.1, 0.15) is 6.92 Å². The fourth-order valence-electron chi connectivity index (χ4n) is 1.67. The highest BCUT2D eigenvalue weighted by molar-refractivity contribution is 5.42. The minimum absolute atomic E-state index is 0.132. The lowest BCUT2D eigenvalue weighted by molar-refractivity contribution is 0.614. The van der Waals surface area contributed by atoms with Crippen LogP contribution < -0.4 is 21.5 Å². The standard InChI is InChI=1S/C11H19N9/c1-8(6-20-5-4-13-7-20)14-9-15-10(18-12)17-11(16-9)19(2)3/h4-5,7-8H,6,12H2,1-3H3,(H2,14,15,16,17,18). The van der Waals surface area contributed by atoms with Crippen LogP contribution in [0.5, 0.6) is 0 Å². The molecule has 0 aliphatic heterocycles. The van der Waals surface area contributed by atoms with Crippen molar-refractivity contribution in [2.75, 3.05) is 29.7 Å². The van der Waals surface area contributed by atoms with Crippen molar-refractivity contribution in [2.24, 2.45) is 5.84 Å². The van der Waals surface area contributed by atoms with Crippen molar-refractivity contribution < 1.29 is 0 Å². The Kier molecular flexibility index (Phi) is 4.31. The largest absolute Gasteiger partial charge is 0.350 e. The van der Waals surface area contributed by atoms with Gasteiger partial charge in [0.15, 0.2) is 0 Å². The van der Waals surface area contributed by atoms with E-state index in [4.69, 9.17) is 5.84 Å². The number of nitrogens with zero attached hydrogens (tertiary/aromatic N) is 6. The summed E-state index contributed by atoms with van der Waals surface area (Å²) in [4.78, 5) is 18.4. The van der Waals surface area contributed by atoms with E-state index in [9.17, 15) is 0 Å². The molecule has 9 nitrogen and oxygen atoms in total. The summed E-state index contributed by atoms with van der Waals surface area (Å²) >= 11 is 0. The third-order valence-corrected chi connectivity index (χ3v) is 2.57. The van der Waals surface area contributed by atoms with Crippen LogP contribution in [0.15, 0.2) is 18.7 Å². The van der Waals surface area contributed by atoms with E-state index in [1.807, 2.05) is 31.8 Å². The molecule has 0 radical (unpaired) electrons. The topological polar surface area (TPSA) is 110 Å². The van der Waals surface area contributed by atoms with Crippen LogP contribution in [0.25, 0.3) is 0 Å². The summed E-state index contributed by atoms with van der Waals surface area (Å²) in [6, 6.07) is 0.132. The molecular formula is C11H19N9. The van der Waals surface area contributed by atoms with Gasteiger partial charge in [0, 0.05) is 39.1 Å². The molecule has 2 heterocycles. The van der Waals surface area contributed by atoms with Crippen LogP contribution in [0.4, 0.5) is 17.8 Å². The second kappa shape index (κ2) is 6.15. The molecular weight excluding hydrogens is 258 g/mol. The minimum Gasteiger partial charge on any atom is -0.350 e. The average Bonchev–Trinajstić information content (AvgIpc) is 2.90. The maximum atomic E-state index is 5.37. The van der Waals surface area contributed by atoms with Crippen molar-refractivity contribution >= 4 is 17.8 Å². The van der Waals surface area contributed by atoms with Crippen LogP contribution in [-0.4, -0.2) is 44.6 Å². The van der Waals surface area contributed by atoms with Gasteiger partial charge < -0.3 is 14.8 Å². The van der Waals surface area contributed by atoms with Crippen molar-refractivity contribution in [2.45, 2.75) is 19.5 Å². The molecule has 0 spiro atoms. The van der Waals surface area contributed by atoms with Crippen molar-refractivity contribution in [3.63, 3.8) is 0 Å². The molecule has 1 unspecified atom stereocenters. The van der Waals surface area contributed by atoms with E-state index >= 15 is 0 Å². The predicted octanol–water partition coefficient (Wildman–Crippen LogP) is -0.0797. The first-order valence-electron chi connectivity index (χ1n) is 6.20. The van der Waals surface area contributed by atoms with Crippen molar-refractivity contribution in [3.8, 4) is 0 Å². The molecule has 0 saturated carbocycles. The molecule has 4 N–H and O–H groups in total. The minimum atomic E-state index is 0.132. The van der Waals surface area contributed by atoms with Gasteiger partial charge in [0.25, 0.3) is 0 Å². The summed E-state index contributed by atoms with van der Waals surface area (Å²) in [5, 5.41) is 3.22. The summed E-state index contributed by atoms with van der Waals surface area (Å²) in [7, 11) is 3.71. The predicted molar refractivity (Wildman–Crippen MR) is 77.3 cm³/mol. The van der Waals surface area contributed by atoms with Gasteiger partial charge in [-0.15, -0.1) is 0 Å². The smallest absolute Gasteiger partial charge is 0.243 e. The molecule has 0 bridgehead atoms. The number of aromatic nitrogens is 5. The SMILES string of the molecule is CC(Cn1ccnc1)Nc1nc(NN)nc(N(C)C)n1. The Morgan fingerprint density at radius 3 is 2.65 bits per heavy atom. The van der Waals surface area contributed by atoms with Gasteiger partial charge in [-0.1, -0.05) is 0 Å². The molecule has 2 aromatic rings. The summed E-state index contributed by atoms with van der Waals surface area (Å²) in [5.41, 5.74) is 2.44. The Balaban J connectivity index is 2.09. The van der Waals surface area contributed by atoms with Crippen LogP contribution >= 0.6 is 0 Å². The van der Waals surface area contributed by atoms with Crippen molar-refractivity contribution in [3.05, 3.63) is 18.7 Å². The average molecular weight is 277 g/mol. The molecule has 2 rings (SSSR count). The van der Waals surface area contributed by atoms with E-state index in [-0.39, 0.29) is 6.04 Å². The van der Waals surface area contributed by atoms with E-state index in [1.165, 1.54) is 0 Å². The van der Waals surface area contributed by atoms with Crippen LogP contribution in [0.3, 0.4) is 0 Å². The first-order chi connectivity index (χ1) is 9.58. The molecule has 0 saturated heterocycles. The number of rotatable bonds is 6. The maximum absolute atomic E-state index is 5.37. The van der Waals surface area contributed by atoms with E-state index in [2.05, 4.69) is 30.7 Å². The summed E-state index contributed by atoms with van der Waals surface area (Å²) in [5.74, 6) is 6.70. The Hall–Kier alpha value is -2.42. The van der Waals surface area contributed by atoms with E-state index in [0.29, 0.717) is 17.8 Å². The molecule has 0 aliphatic rings. The fourth-order valence-corrected chi connectivity index (χ4v) is 1.67. The lowest BCUT2D eigenvalue weighted by Crippen LogP contribution is -2.25. The monoisotopic (exact) mass is 277 g/mol. The summed E-state index contributed by atoms with van der Waals surface area (Å²) < 4.78 is 1.98. The Morgan fingerprint density at radius 1 is 1.30 bits per heavy atom. The third-order valence-electron chi connectivity index (χ3n) is 2.57. The molecule has 108 valence electrons. The molecule has 0 amide bonds. The lowest BCUT2D eigenvalue weighted by atomic mass is 10.3. The van der Waals surface area contributed by atoms with Crippen molar-refractivity contribution in [1.82, 2.24) is 24.5 Å². The molecule has 9 heteroatoms. The zero-order valence-corrected chi connectivity index (χ0v) is 11.8. The number of hydrogen-bond donors (Lipinski definition) is 3. The highest BCUT2D eigenvalue weighted by Crippen LogP contribution is 2.11. The van der Waals surface area contributed by atoms with Gasteiger partial charge in [-0.05, 0) is 6.92 Å². The van der Waals surface area contributed by atoms with Gasteiger partial charge in [0.05, 0.1) is 6.33 Å². The summed E-state index contributed by atoms with van der Waals surface area (Å²) in [6.45, 7) is 2.79. The van der Waals surface area contributed by atoms with Crippen LogP contribution in [-0.2, 0) is 6.54 Å². The van der Waals surface area contributed by atoms with Gasteiger partial charge in [-0.25, -0.2) is 10.8 Å². The second-order valence-electron chi connectivity index (χ2n) is 4.63. The fraction of sp³-hybridized carbons (Fsp3) is 0.455.